The normalized spacial score (nSPS) is 11.1. The van der Waals surface area contributed by atoms with Crippen LogP contribution in [0, 0.1) is 0 Å². The summed E-state index contributed by atoms with van der Waals surface area (Å²) in [5.74, 6) is 0. The third kappa shape index (κ3) is 24.5. The van der Waals surface area contributed by atoms with Gasteiger partial charge in [-0.1, -0.05) is 20.8 Å². The minimum atomic E-state index is -6.00. The summed E-state index contributed by atoms with van der Waals surface area (Å²) in [4.78, 5) is 2.43. The summed E-state index contributed by atoms with van der Waals surface area (Å²) in [5, 5.41) is 0. The lowest BCUT2D eigenvalue weighted by atomic mass is 10.3. The maximum Gasteiger partial charge on any atom is 1.00 e. The Bertz CT molecular complexity index is 102. The van der Waals surface area contributed by atoms with Crippen LogP contribution in [-0.2, 0) is 0 Å². The zero-order valence-electron chi connectivity index (χ0n) is 9.36. The molecule has 6 heteroatoms. The first-order chi connectivity index (χ1) is 5.85. The van der Waals surface area contributed by atoms with Gasteiger partial charge in [-0.3, -0.25) is 0 Å². The van der Waals surface area contributed by atoms with Gasteiger partial charge in [0.2, 0.25) is 0 Å². The molecule has 0 saturated carbocycles. The standard InChI is InChI=1S/C7H17N.BF4/c1-4-7-8(5-2)6-3;2-1(3,4)5/h4-7H2,1-3H3;/q;-1/p+1. The van der Waals surface area contributed by atoms with Gasteiger partial charge in [-0.2, -0.15) is 0 Å². The highest BCUT2D eigenvalue weighted by molar-refractivity contribution is 6.50. The van der Waals surface area contributed by atoms with Crippen molar-refractivity contribution in [2.75, 3.05) is 19.6 Å². The van der Waals surface area contributed by atoms with Gasteiger partial charge in [0.15, 0.2) is 0 Å². The molecule has 0 bridgehead atoms. The van der Waals surface area contributed by atoms with Crippen molar-refractivity contribution < 1.29 is 18.7 Å². The number of nitrogens with zero attached hydrogens (tertiary/aromatic N) is 1. The van der Waals surface area contributed by atoms with Crippen molar-refractivity contribution in [2.24, 2.45) is 0 Å². The molecule has 0 aromatic rings. The van der Waals surface area contributed by atoms with E-state index in [2.05, 4.69) is 25.7 Å². The lowest BCUT2D eigenvalue weighted by molar-refractivity contribution is 0.304. The molecule has 0 heterocycles. The van der Waals surface area contributed by atoms with Crippen LogP contribution in [0.2, 0.25) is 0 Å². The summed E-state index contributed by atoms with van der Waals surface area (Å²) in [5.41, 5.74) is 0. The van der Waals surface area contributed by atoms with E-state index in [0.29, 0.717) is 0 Å². The van der Waals surface area contributed by atoms with Crippen molar-refractivity contribution in [1.29, 1.82) is 0 Å². The van der Waals surface area contributed by atoms with Gasteiger partial charge in [0, 0.05) is 0 Å². The van der Waals surface area contributed by atoms with Gasteiger partial charge in [-0.15, -0.1) is 0 Å². The second kappa shape index (κ2) is 8.35. The molecule has 0 aromatic carbocycles. The molecular formula is C7H18BF4N. The molecule has 0 saturated heterocycles. The Morgan fingerprint density at radius 2 is 1.31 bits per heavy atom. The summed E-state index contributed by atoms with van der Waals surface area (Å²) in [6, 6.07) is 0. The van der Waals surface area contributed by atoms with Gasteiger partial charge in [0.1, 0.15) is 0 Å². The quantitative estimate of drug-likeness (QED) is 0.501. The minimum Gasteiger partial charge on any atom is -0.418 e. The van der Waals surface area contributed by atoms with Crippen molar-refractivity contribution in [3.8, 4) is 0 Å². The first-order valence-corrected chi connectivity index (χ1v) is 4.44. The van der Waals surface area contributed by atoms with Crippen LogP contribution in [0.15, 0.2) is 0 Å². The van der Waals surface area contributed by atoms with E-state index in [1.807, 2.05) is 0 Å². The Morgan fingerprint density at radius 1 is 1.00 bits per heavy atom. The summed E-state index contributed by atoms with van der Waals surface area (Å²) >= 11 is 0. The number of hydrogen-bond acceptors (Lipinski definition) is 1. The van der Waals surface area contributed by atoms with Crippen LogP contribution in [0.4, 0.5) is 17.3 Å². The summed E-state index contributed by atoms with van der Waals surface area (Å²) in [6.45, 7) is 10.3. The number of rotatable bonds is 4. The lowest BCUT2D eigenvalue weighted by Crippen LogP contribution is -2.23. The zero-order valence-corrected chi connectivity index (χ0v) is 8.36. The predicted molar refractivity (Wildman–Crippen MR) is 49.4 cm³/mol. The zero-order chi connectivity index (χ0) is 10.9. The Balaban J connectivity index is -0.000000177. The molecule has 0 amide bonds. The Labute approximate surface area is 78.7 Å². The van der Waals surface area contributed by atoms with Crippen LogP contribution < -0.4 is 0 Å². The molecule has 1 nitrogen and oxygen atoms in total. The van der Waals surface area contributed by atoms with Gasteiger partial charge in [-0.05, 0) is 26.1 Å². The highest BCUT2D eigenvalue weighted by Gasteiger charge is 2.20. The molecule has 0 aliphatic rings. The first kappa shape index (κ1) is 15.2. The van der Waals surface area contributed by atoms with Crippen LogP contribution in [0.1, 0.15) is 28.6 Å². The molecule has 0 atom stereocenters. The number of halogens is 4. The fourth-order valence-electron chi connectivity index (χ4n) is 0.856. The molecule has 0 unspecified atom stereocenters. The summed E-state index contributed by atoms with van der Waals surface area (Å²) < 4.78 is 39.0. The molecule has 0 radical (unpaired) electrons. The molecular weight excluding hydrogens is 185 g/mol. The fourth-order valence-corrected chi connectivity index (χ4v) is 0.856. The van der Waals surface area contributed by atoms with Gasteiger partial charge >= 0.3 is 8.68 Å². The van der Waals surface area contributed by atoms with E-state index in [0.717, 1.165) is 0 Å². The molecule has 0 aromatic heterocycles. The van der Waals surface area contributed by atoms with Crippen molar-refractivity contribution in [2.45, 2.75) is 27.2 Å². The van der Waals surface area contributed by atoms with Crippen LogP contribution in [0.3, 0.4) is 0 Å². The molecule has 0 spiro atoms. The predicted octanol–water partition coefficient (Wildman–Crippen LogP) is 3.15. The fraction of sp³-hybridized carbons (Fsp3) is 1.00. The summed E-state index contributed by atoms with van der Waals surface area (Å²) in [6.07, 6.45) is 1.28. The molecule has 0 rings (SSSR count). The summed E-state index contributed by atoms with van der Waals surface area (Å²) in [7, 11) is -6.00. The molecule has 0 fully saturated rings. The molecule has 0 aliphatic carbocycles. The maximum atomic E-state index is 9.75. The van der Waals surface area contributed by atoms with Gasteiger partial charge in [0.25, 0.3) is 0 Å². The van der Waals surface area contributed by atoms with E-state index in [1.165, 1.54) is 26.1 Å². The van der Waals surface area contributed by atoms with E-state index in [1.54, 1.807) is 0 Å². The average molecular weight is 203 g/mol. The Kier molecular flexibility index (Phi) is 9.78. The van der Waals surface area contributed by atoms with Crippen LogP contribution in [0.5, 0.6) is 0 Å². The molecule has 13 heavy (non-hydrogen) atoms. The maximum absolute atomic E-state index is 9.75. The van der Waals surface area contributed by atoms with E-state index in [9.17, 15) is 17.3 Å². The lowest BCUT2D eigenvalue weighted by Gasteiger charge is -2.15. The van der Waals surface area contributed by atoms with Crippen LogP contribution >= 0.6 is 0 Å². The van der Waals surface area contributed by atoms with E-state index < -0.39 is 7.25 Å². The first-order valence-electron chi connectivity index (χ1n) is 4.44. The van der Waals surface area contributed by atoms with E-state index >= 15 is 0 Å². The van der Waals surface area contributed by atoms with Crippen LogP contribution in [0.25, 0.3) is 0 Å². The van der Waals surface area contributed by atoms with Crippen molar-refractivity contribution in [3.05, 3.63) is 0 Å². The molecule has 82 valence electrons. The van der Waals surface area contributed by atoms with E-state index in [4.69, 9.17) is 0 Å². The molecule has 0 N–H and O–H groups in total. The SMILES string of the molecule is CCCN(CC)CC.F[B-](F)(F)F.[H+]. The largest absolute Gasteiger partial charge is 1.00 e. The molecule has 0 aliphatic heterocycles. The van der Waals surface area contributed by atoms with Crippen molar-refractivity contribution in [3.63, 3.8) is 0 Å². The van der Waals surface area contributed by atoms with Crippen LogP contribution in [-0.4, -0.2) is 31.8 Å². The highest BCUT2D eigenvalue weighted by atomic mass is 19.5. The van der Waals surface area contributed by atoms with Crippen molar-refractivity contribution >= 4 is 7.25 Å². The highest BCUT2D eigenvalue weighted by Crippen LogP contribution is 2.06. The topological polar surface area (TPSA) is 3.24 Å². The van der Waals surface area contributed by atoms with Crippen molar-refractivity contribution in [1.82, 2.24) is 4.90 Å². The number of hydrogen-bond donors (Lipinski definition) is 0. The second-order valence-corrected chi connectivity index (χ2v) is 2.52. The Morgan fingerprint density at radius 3 is 1.38 bits per heavy atom. The third-order valence-corrected chi connectivity index (χ3v) is 1.43. The van der Waals surface area contributed by atoms with Gasteiger partial charge in [0.05, 0.1) is 0 Å². The van der Waals surface area contributed by atoms with Gasteiger partial charge < -0.3 is 22.2 Å². The minimum absolute atomic E-state index is 0. The average Bonchev–Trinajstić information content (AvgIpc) is 1.97. The van der Waals surface area contributed by atoms with Gasteiger partial charge in [-0.25, -0.2) is 0 Å². The second-order valence-electron chi connectivity index (χ2n) is 2.52. The monoisotopic (exact) mass is 203 g/mol. The third-order valence-electron chi connectivity index (χ3n) is 1.43. The smallest absolute Gasteiger partial charge is 0.418 e. The van der Waals surface area contributed by atoms with E-state index in [-0.39, 0.29) is 1.43 Å². The Hall–Kier alpha value is -0.255.